The first-order valence-electron chi connectivity index (χ1n) is 11.2. The number of hydrogen-bond donors (Lipinski definition) is 1. The van der Waals surface area contributed by atoms with Gasteiger partial charge in [-0.3, -0.25) is 9.36 Å². The molecule has 1 aromatic heterocycles. The SMILES string of the molecule is Cc1ccc(-c2nnc(SCc3ccc(C(=O)NC4CC4)cc3)n2-c2ccccc2C)cc1. The maximum atomic E-state index is 12.2. The van der Waals surface area contributed by atoms with Crippen molar-refractivity contribution in [1.29, 1.82) is 0 Å². The minimum absolute atomic E-state index is 0.0127. The lowest BCUT2D eigenvalue weighted by atomic mass is 10.1. The standard InChI is InChI=1S/C27H26N4OS/c1-18-7-11-21(12-8-18)25-29-30-27(31(25)24-6-4-3-5-19(24)2)33-17-20-9-13-22(14-10-20)26(32)28-23-15-16-23/h3-14,23H,15-17H2,1-2H3,(H,28,32). The van der Waals surface area contributed by atoms with E-state index in [0.29, 0.717) is 11.6 Å². The van der Waals surface area contributed by atoms with Crippen LogP contribution in [-0.4, -0.2) is 26.7 Å². The second-order valence-electron chi connectivity index (χ2n) is 8.53. The number of amides is 1. The lowest BCUT2D eigenvalue weighted by Crippen LogP contribution is -2.25. The van der Waals surface area contributed by atoms with E-state index in [1.54, 1.807) is 11.8 Å². The van der Waals surface area contributed by atoms with Gasteiger partial charge in [0.05, 0.1) is 5.69 Å². The number of hydrogen-bond acceptors (Lipinski definition) is 4. The third kappa shape index (κ3) is 4.86. The summed E-state index contributed by atoms with van der Waals surface area (Å²) in [6.07, 6.45) is 2.18. The quantitative estimate of drug-likeness (QED) is 0.362. The third-order valence-corrected chi connectivity index (χ3v) is 6.80. The minimum Gasteiger partial charge on any atom is -0.349 e. The van der Waals surface area contributed by atoms with Gasteiger partial charge in [0, 0.05) is 22.9 Å². The Morgan fingerprint density at radius 1 is 0.970 bits per heavy atom. The molecule has 3 aromatic carbocycles. The van der Waals surface area contributed by atoms with E-state index in [-0.39, 0.29) is 5.91 Å². The molecule has 1 aliphatic carbocycles. The largest absolute Gasteiger partial charge is 0.349 e. The molecule has 0 aliphatic heterocycles. The lowest BCUT2D eigenvalue weighted by molar-refractivity contribution is 0.0951. The highest BCUT2D eigenvalue weighted by molar-refractivity contribution is 7.98. The molecular formula is C27H26N4OS. The number of nitrogens with one attached hydrogen (secondary N) is 1. The smallest absolute Gasteiger partial charge is 0.251 e. The van der Waals surface area contributed by atoms with Gasteiger partial charge in [-0.2, -0.15) is 0 Å². The Morgan fingerprint density at radius 2 is 1.70 bits per heavy atom. The Labute approximate surface area is 198 Å². The predicted molar refractivity (Wildman–Crippen MR) is 133 cm³/mol. The molecule has 1 saturated carbocycles. The molecule has 1 N–H and O–H groups in total. The number of para-hydroxylation sites is 1. The van der Waals surface area contributed by atoms with E-state index in [4.69, 9.17) is 0 Å². The van der Waals surface area contributed by atoms with E-state index in [1.807, 2.05) is 36.4 Å². The van der Waals surface area contributed by atoms with E-state index in [2.05, 4.69) is 70.3 Å². The van der Waals surface area contributed by atoms with E-state index < -0.39 is 0 Å². The van der Waals surface area contributed by atoms with Crippen LogP contribution in [0.4, 0.5) is 0 Å². The van der Waals surface area contributed by atoms with Gasteiger partial charge in [-0.05, 0) is 56.0 Å². The molecule has 5 nitrogen and oxygen atoms in total. The van der Waals surface area contributed by atoms with Crippen LogP contribution in [0.1, 0.15) is 39.9 Å². The summed E-state index contributed by atoms with van der Waals surface area (Å²) in [5.41, 5.74) is 6.34. The van der Waals surface area contributed by atoms with Crippen LogP contribution in [-0.2, 0) is 5.75 Å². The molecule has 1 fully saturated rings. The first-order chi connectivity index (χ1) is 16.1. The molecule has 0 saturated heterocycles. The number of aryl methyl sites for hydroxylation is 2. The summed E-state index contributed by atoms with van der Waals surface area (Å²) in [6, 6.07) is 24.9. The van der Waals surface area contributed by atoms with Crippen LogP contribution in [0.25, 0.3) is 17.1 Å². The summed E-state index contributed by atoms with van der Waals surface area (Å²) in [7, 11) is 0. The molecule has 6 heteroatoms. The fourth-order valence-electron chi connectivity index (χ4n) is 3.68. The molecule has 166 valence electrons. The second kappa shape index (κ2) is 9.24. The van der Waals surface area contributed by atoms with Gasteiger partial charge in [0.2, 0.25) is 0 Å². The molecule has 0 unspecified atom stereocenters. The second-order valence-corrected chi connectivity index (χ2v) is 9.47. The molecule has 0 radical (unpaired) electrons. The van der Waals surface area contributed by atoms with Crippen LogP contribution in [0, 0.1) is 13.8 Å². The Kier molecular flexibility index (Phi) is 6.01. The van der Waals surface area contributed by atoms with Crippen LogP contribution < -0.4 is 5.32 Å². The summed E-state index contributed by atoms with van der Waals surface area (Å²) >= 11 is 1.65. The zero-order valence-corrected chi connectivity index (χ0v) is 19.6. The lowest BCUT2D eigenvalue weighted by Gasteiger charge is -2.13. The van der Waals surface area contributed by atoms with Crippen molar-refractivity contribution in [2.75, 3.05) is 0 Å². The summed E-state index contributed by atoms with van der Waals surface area (Å²) in [6.45, 7) is 4.19. The molecule has 4 aromatic rings. The number of rotatable bonds is 7. The molecule has 5 rings (SSSR count). The molecule has 33 heavy (non-hydrogen) atoms. The number of carbonyl (C=O) groups excluding carboxylic acids is 1. The summed E-state index contributed by atoms with van der Waals surface area (Å²) in [5, 5.41) is 13.0. The van der Waals surface area contributed by atoms with Gasteiger partial charge in [0.25, 0.3) is 5.91 Å². The molecule has 0 atom stereocenters. The van der Waals surface area contributed by atoms with Crippen molar-refractivity contribution < 1.29 is 4.79 Å². The molecule has 1 heterocycles. The highest BCUT2D eigenvalue weighted by atomic mass is 32.2. The first-order valence-corrected chi connectivity index (χ1v) is 12.2. The van der Waals surface area contributed by atoms with Crippen LogP contribution in [0.15, 0.2) is 78.0 Å². The normalized spacial score (nSPS) is 13.2. The summed E-state index contributed by atoms with van der Waals surface area (Å²) in [4.78, 5) is 12.2. The van der Waals surface area contributed by atoms with Crippen molar-refractivity contribution in [1.82, 2.24) is 20.1 Å². The number of carbonyl (C=O) groups is 1. The van der Waals surface area contributed by atoms with Gasteiger partial charge < -0.3 is 5.32 Å². The van der Waals surface area contributed by atoms with Crippen molar-refractivity contribution in [3.8, 4) is 17.1 Å². The molecule has 0 spiro atoms. The van der Waals surface area contributed by atoms with Crippen molar-refractivity contribution in [2.24, 2.45) is 0 Å². The van der Waals surface area contributed by atoms with Crippen LogP contribution >= 0.6 is 11.8 Å². The van der Waals surface area contributed by atoms with Crippen LogP contribution in [0.2, 0.25) is 0 Å². The van der Waals surface area contributed by atoms with Crippen molar-refractivity contribution in [3.63, 3.8) is 0 Å². The average Bonchev–Trinajstić information content (AvgIpc) is 3.55. The number of aromatic nitrogens is 3. The third-order valence-electron chi connectivity index (χ3n) is 5.80. The number of thioether (sulfide) groups is 1. The maximum Gasteiger partial charge on any atom is 0.251 e. The topological polar surface area (TPSA) is 59.8 Å². The predicted octanol–water partition coefficient (Wildman–Crippen LogP) is 5.74. The number of nitrogens with zero attached hydrogens (tertiary/aromatic N) is 3. The molecule has 0 bridgehead atoms. The van der Waals surface area contributed by atoms with Gasteiger partial charge in [-0.25, -0.2) is 0 Å². The van der Waals surface area contributed by atoms with Gasteiger partial charge >= 0.3 is 0 Å². The first kappa shape index (κ1) is 21.5. The Hall–Kier alpha value is -3.38. The van der Waals surface area contributed by atoms with Crippen LogP contribution in [0.5, 0.6) is 0 Å². The summed E-state index contributed by atoms with van der Waals surface area (Å²) in [5.74, 6) is 1.58. The van der Waals surface area contributed by atoms with E-state index >= 15 is 0 Å². The molecule has 1 aliphatic rings. The Bertz CT molecular complexity index is 1270. The fourth-order valence-corrected chi connectivity index (χ4v) is 4.58. The highest BCUT2D eigenvalue weighted by Gasteiger charge is 2.23. The Morgan fingerprint density at radius 3 is 2.39 bits per heavy atom. The van der Waals surface area contributed by atoms with E-state index in [0.717, 1.165) is 46.4 Å². The number of benzene rings is 3. The van der Waals surface area contributed by atoms with Crippen molar-refractivity contribution in [2.45, 2.75) is 43.6 Å². The maximum absolute atomic E-state index is 12.2. The van der Waals surface area contributed by atoms with Gasteiger partial charge in [0.1, 0.15) is 0 Å². The molecular weight excluding hydrogens is 428 g/mol. The minimum atomic E-state index is 0.0127. The zero-order chi connectivity index (χ0) is 22.8. The van der Waals surface area contributed by atoms with Crippen molar-refractivity contribution in [3.05, 3.63) is 95.1 Å². The van der Waals surface area contributed by atoms with E-state index in [1.165, 1.54) is 11.1 Å². The van der Waals surface area contributed by atoms with Crippen molar-refractivity contribution >= 4 is 17.7 Å². The monoisotopic (exact) mass is 454 g/mol. The highest BCUT2D eigenvalue weighted by Crippen LogP contribution is 2.31. The van der Waals surface area contributed by atoms with Gasteiger partial charge in [0.15, 0.2) is 11.0 Å². The van der Waals surface area contributed by atoms with Gasteiger partial charge in [-0.15, -0.1) is 10.2 Å². The fraction of sp³-hybridized carbons (Fsp3) is 0.222. The van der Waals surface area contributed by atoms with Gasteiger partial charge in [-0.1, -0.05) is 71.9 Å². The zero-order valence-electron chi connectivity index (χ0n) is 18.8. The van der Waals surface area contributed by atoms with Crippen LogP contribution in [0.3, 0.4) is 0 Å². The van der Waals surface area contributed by atoms with E-state index in [9.17, 15) is 4.79 Å². The average molecular weight is 455 g/mol. The molecule has 1 amide bonds. The Balaban J connectivity index is 1.40. The summed E-state index contributed by atoms with van der Waals surface area (Å²) < 4.78 is 2.14.